The molecule has 0 radical (unpaired) electrons. The van der Waals surface area contributed by atoms with E-state index in [1.165, 1.54) is 24.2 Å². The summed E-state index contributed by atoms with van der Waals surface area (Å²) in [5.74, 6) is -1.14. The number of benzene rings is 1. The van der Waals surface area contributed by atoms with Crippen LogP contribution in [-0.4, -0.2) is 42.1 Å². The van der Waals surface area contributed by atoms with Gasteiger partial charge >= 0.3 is 0 Å². The number of halogens is 3. The largest absolute Gasteiger partial charge is 0.384 e. The lowest BCUT2D eigenvalue weighted by Gasteiger charge is -2.23. The zero-order valence-electron chi connectivity index (χ0n) is 20.1. The summed E-state index contributed by atoms with van der Waals surface area (Å²) in [5.41, 5.74) is 9.52. The van der Waals surface area contributed by atoms with Gasteiger partial charge < -0.3 is 5.73 Å². The Hall–Kier alpha value is -4.45. The molecule has 4 heterocycles. The molecule has 10 nitrogen and oxygen atoms in total. The molecular formula is C25H21ClF2N9O+. The fraction of sp³-hybridized carbons (Fsp3) is 0.200. The average molecular weight is 537 g/mol. The molecule has 0 unspecified atom stereocenters. The zero-order valence-corrected chi connectivity index (χ0v) is 20.8. The van der Waals surface area contributed by atoms with E-state index < -0.39 is 11.8 Å². The van der Waals surface area contributed by atoms with Crippen molar-refractivity contribution in [2.24, 2.45) is 0 Å². The normalized spacial score (nSPS) is 14.9. The van der Waals surface area contributed by atoms with Gasteiger partial charge in [0.1, 0.15) is 25.3 Å². The molecule has 4 aromatic heterocycles. The van der Waals surface area contributed by atoms with E-state index in [-0.39, 0.29) is 22.4 Å². The highest BCUT2D eigenvalue weighted by atomic mass is 35.5. The van der Waals surface area contributed by atoms with Crippen LogP contribution in [0.2, 0.25) is 5.02 Å². The Morgan fingerprint density at radius 2 is 2.05 bits per heavy atom. The van der Waals surface area contributed by atoms with E-state index in [0.29, 0.717) is 22.4 Å². The third-order valence-corrected chi connectivity index (χ3v) is 6.94. The van der Waals surface area contributed by atoms with Gasteiger partial charge in [-0.25, -0.2) is 9.37 Å². The second kappa shape index (κ2) is 9.45. The van der Waals surface area contributed by atoms with Gasteiger partial charge in [-0.05, 0) is 60.0 Å². The maximum absolute atomic E-state index is 15.4. The number of hydrogen-bond acceptors (Lipinski definition) is 7. The highest BCUT2D eigenvalue weighted by Gasteiger charge is 2.35. The van der Waals surface area contributed by atoms with Gasteiger partial charge in [-0.15, -0.1) is 5.10 Å². The molecule has 0 saturated carbocycles. The Morgan fingerprint density at radius 1 is 1.18 bits per heavy atom. The highest BCUT2D eigenvalue weighted by molar-refractivity contribution is 6.31. The van der Waals surface area contributed by atoms with Crippen LogP contribution in [0.15, 0.2) is 55.2 Å². The molecule has 0 spiro atoms. The minimum atomic E-state index is -0.660. The van der Waals surface area contributed by atoms with E-state index in [1.54, 1.807) is 46.2 Å². The van der Waals surface area contributed by atoms with Gasteiger partial charge in [0, 0.05) is 27.6 Å². The Balaban J connectivity index is 1.46. The number of hydrogen-bond donors (Lipinski definition) is 1. The number of rotatable bonds is 5. The summed E-state index contributed by atoms with van der Waals surface area (Å²) in [4.78, 5) is 9.45. The molecule has 0 bridgehead atoms. The number of anilines is 1. The molecule has 13 heteroatoms. The molecule has 0 fully saturated rings. The van der Waals surface area contributed by atoms with Crippen molar-refractivity contribution in [3.63, 3.8) is 0 Å². The van der Waals surface area contributed by atoms with Crippen molar-refractivity contribution in [3.8, 4) is 27.9 Å². The quantitative estimate of drug-likeness (QED) is 0.270. The van der Waals surface area contributed by atoms with E-state index in [9.17, 15) is 4.39 Å². The van der Waals surface area contributed by atoms with Crippen molar-refractivity contribution >= 4 is 17.4 Å². The lowest BCUT2D eigenvalue weighted by Crippen LogP contribution is -2.48. The van der Waals surface area contributed by atoms with Crippen molar-refractivity contribution in [1.82, 2.24) is 35.0 Å². The maximum Gasteiger partial charge on any atom is 0.261 e. The minimum Gasteiger partial charge on any atom is -0.384 e. The van der Waals surface area contributed by atoms with Crippen LogP contribution in [0.4, 0.5) is 14.6 Å². The number of nitrogens with zero attached hydrogens (tertiary/aromatic N) is 8. The van der Waals surface area contributed by atoms with Gasteiger partial charge in [0.15, 0.2) is 5.82 Å². The van der Waals surface area contributed by atoms with Crippen LogP contribution in [0.25, 0.3) is 27.9 Å². The topological polar surface area (TPSA) is 113 Å². The van der Waals surface area contributed by atoms with Crippen LogP contribution >= 0.6 is 11.6 Å². The Kier molecular flexibility index (Phi) is 5.95. The number of tetrazole rings is 1. The third kappa shape index (κ3) is 4.02. The predicted octanol–water partition coefficient (Wildman–Crippen LogP) is 3.37. The summed E-state index contributed by atoms with van der Waals surface area (Å²) in [6.07, 6.45) is 8.84. The van der Waals surface area contributed by atoms with Gasteiger partial charge in [0.25, 0.3) is 5.69 Å². The number of fused-ring (bicyclic) bond motifs is 1. The molecule has 1 atom stereocenters. The summed E-state index contributed by atoms with van der Waals surface area (Å²) in [5, 5.41) is 15.8. The van der Waals surface area contributed by atoms with Gasteiger partial charge in [-0.1, -0.05) is 11.6 Å². The molecule has 1 aromatic carbocycles. The van der Waals surface area contributed by atoms with E-state index in [1.807, 2.05) is 6.07 Å². The molecule has 0 amide bonds. The summed E-state index contributed by atoms with van der Waals surface area (Å²) >= 11 is 6.17. The molecule has 2 N–H and O–H groups in total. The highest BCUT2D eigenvalue weighted by Crippen LogP contribution is 2.37. The van der Waals surface area contributed by atoms with E-state index in [0.717, 1.165) is 30.5 Å². The molecule has 6 rings (SSSR count). The van der Waals surface area contributed by atoms with Crippen molar-refractivity contribution in [2.45, 2.75) is 25.3 Å². The fourth-order valence-corrected chi connectivity index (χ4v) is 5.11. The van der Waals surface area contributed by atoms with Crippen LogP contribution in [0.3, 0.4) is 0 Å². The van der Waals surface area contributed by atoms with Crippen LogP contribution in [0.1, 0.15) is 30.1 Å². The number of pyridine rings is 2. The van der Waals surface area contributed by atoms with Gasteiger partial charge in [-0.2, -0.15) is 14.2 Å². The van der Waals surface area contributed by atoms with Gasteiger partial charge in [-0.3, -0.25) is 9.52 Å². The van der Waals surface area contributed by atoms with Gasteiger partial charge in [0.05, 0.1) is 28.0 Å². The zero-order chi connectivity index (χ0) is 26.4. The Bertz CT molecular complexity index is 1640. The number of nitrogens with two attached hydrogens (primary N) is 1. The first-order valence-electron chi connectivity index (χ1n) is 11.8. The standard InChI is InChI=1S/C25H21ClF2N9O/c1-38-37-12-15(22-19(36-13-30-33-34-36)7-6-18(26)23(22)27)9-14-3-2-4-20(24(14)37)35-11-16(10-31-35)17-5-8-21(29)32-25(17)28/h5-13,20H,2-4H2,1H3,(H2,29,32)/q+1/t20-/m1/s1. The molecule has 192 valence electrons. The second-order valence-corrected chi connectivity index (χ2v) is 9.26. The summed E-state index contributed by atoms with van der Waals surface area (Å²) in [7, 11) is 1.54. The minimum absolute atomic E-state index is 0.0233. The van der Waals surface area contributed by atoms with E-state index in [2.05, 4.69) is 25.6 Å². The van der Waals surface area contributed by atoms with Crippen molar-refractivity contribution < 1.29 is 18.3 Å². The number of nitrogen functional groups attached to an aromatic ring is 1. The molecule has 0 saturated heterocycles. The molecular weight excluding hydrogens is 516 g/mol. The monoisotopic (exact) mass is 536 g/mol. The van der Waals surface area contributed by atoms with Gasteiger partial charge in [0.2, 0.25) is 12.1 Å². The van der Waals surface area contributed by atoms with Crippen LogP contribution in [0.5, 0.6) is 0 Å². The van der Waals surface area contributed by atoms with Crippen LogP contribution in [0, 0.1) is 11.8 Å². The average Bonchev–Trinajstić information content (AvgIpc) is 3.62. The lowest BCUT2D eigenvalue weighted by molar-refractivity contribution is -0.891. The molecule has 1 aliphatic carbocycles. The van der Waals surface area contributed by atoms with Crippen molar-refractivity contribution in [3.05, 3.63) is 83.3 Å². The Labute approximate surface area is 220 Å². The van der Waals surface area contributed by atoms with E-state index >= 15 is 4.39 Å². The molecule has 0 aliphatic heterocycles. The first-order chi connectivity index (χ1) is 18.4. The fourth-order valence-electron chi connectivity index (χ4n) is 4.95. The molecule has 5 aromatic rings. The third-order valence-electron chi connectivity index (χ3n) is 6.65. The molecule has 1 aliphatic rings. The number of aryl methyl sites for hydroxylation is 1. The smallest absolute Gasteiger partial charge is 0.261 e. The second-order valence-electron chi connectivity index (χ2n) is 8.85. The van der Waals surface area contributed by atoms with Crippen LogP contribution < -0.4 is 15.3 Å². The summed E-state index contributed by atoms with van der Waals surface area (Å²) in [6, 6.07) is 7.97. The van der Waals surface area contributed by atoms with Crippen molar-refractivity contribution in [1.29, 1.82) is 0 Å². The Morgan fingerprint density at radius 3 is 2.82 bits per heavy atom. The molecule has 38 heavy (non-hydrogen) atoms. The predicted molar refractivity (Wildman–Crippen MR) is 133 cm³/mol. The maximum atomic E-state index is 15.4. The lowest BCUT2D eigenvalue weighted by atomic mass is 9.89. The number of aromatic nitrogens is 8. The first kappa shape index (κ1) is 23.9. The van der Waals surface area contributed by atoms with Crippen molar-refractivity contribution in [2.75, 3.05) is 12.8 Å². The van der Waals surface area contributed by atoms with E-state index in [4.69, 9.17) is 22.2 Å². The summed E-state index contributed by atoms with van der Waals surface area (Å²) in [6.45, 7) is 0. The first-order valence-corrected chi connectivity index (χ1v) is 12.1. The van der Waals surface area contributed by atoms with Crippen LogP contribution in [-0.2, 0) is 6.42 Å². The SMILES string of the molecule is CO[n+]1cc(-c2c(-n3cnnn3)ccc(Cl)c2F)cc2c1[C@H](n1cc(-c3ccc(N)nc3F)cn1)CCC2. The summed E-state index contributed by atoms with van der Waals surface area (Å²) < 4.78 is 34.7.